The number of nitrogens with one attached hydrogen (secondary N) is 1. The predicted octanol–water partition coefficient (Wildman–Crippen LogP) is 3.98. The van der Waals surface area contributed by atoms with Crippen LogP contribution < -0.4 is 5.32 Å². The molecule has 2 aliphatic rings. The molecule has 0 radical (unpaired) electrons. The van der Waals surface area contributed by atoms with Crippen LogP contribution in [0.4, 0.5) is 14.5 Å². The predicted molar refractivity (Wildman–Crippen MR) is 94.6 cm³/mol. The summed E-state index contributed by atoms with van der Waals surface area (Å²) in [6.07, 6.45) is 4.45. The van der Waals surface area contributed by atoms with Gasteiger partial charge in [0.25, 0.3) is 0 Å². The van der Waals surface area contributed by atoms with Crippen LogP contribution in [0.25, 0.3) is 0 Å². The molecule has 0 unspecified atom stereocenters. The molecule has 0 saturated carbocycles. The van der Waals surface area contributed by atoms with Crippen molar-refractivity contribution in [3.05, 3.63) is 53.8 Å². The number of fused-ring (bicyclic) bond motifs is 1. The van der Waals surface area contributed by atoms with Crippen molar-refractivity contribution >= 4 is 11.5 Å². The van der Waals surface area contributed by atoms with Crippen molar-refractivity contribution in [3.8, 4) is 0 Å². The smallest absolute Gasteiger partial charge is 0.189 e. The van der Waals surface area contributed by atoms with Crippen molar-refractivity contribution in [3.63, 3.8) is 0 Å². The highest BCUT2D eigenvalue weighted by atomic mass is 19.1. The molecular formula is C20H23F2NO3. The molecule has 0 aromatic heterocycles. The Morgan fingerprint density at radius 1 is 1.42 bits per heavy atom. The van der Waals surface area contributed by atoms with E-state index in [1.165, 1.54) is 12.1 Å². The maximum atomic E-state index is 14.4. The molecular weight excluding hydrogens is 340 g/mol. The number of hydrogen-bond donors (Lipinski definition) is 1. The molecule has 1 aromatic carbocycles. The van der Waals surface area contributed by atoms with Gasteiger partial charge in [-0.3, -0.25) is 4.79 Å². The second-order valence-corrected chi connectivity index (χ2v) is 6.91. The number of benzene rings is 1. The Kier molecular flexibility index (Phi) is 5.14. The van der Waals surface area contributed by atoms with E-state index in [0.717, 1.165) is 6.07 Å². The average molecular weight is 363 g/mol. The van der Waals surface area contributed by atoms with E-state index in [0.29, 0.717) is 18.6 Å². The van der Waals surface area contributed by atoms with E-state index in [9.17, 15) is 13.6 Å². The summed E-state index contributed by atoms with van der Waals surface area (Å²) in [6.45, 7) is 5.67. The van der Waals surface area contributed by atoms with Crippen LogP contribution in [0.2, 0.25) is 0 Å². The molecule has 1 fully saturated rings. The van der Waals surface area contributed by atoms with E-state index < -0.39 is 17.2 Å². The lowest BCUT2D eigenvalue weighted by atomic mass is 9.71. The number of anilines is 1. The fraction of sp³-hybridized carbons (Fsp3) is 0.450. The second-order valence-electron chi connectivity index (χ2n) is 6.91. The van der Waals surface area contributed by atoms with Crippen LogP contribution in [0.5, 0.6) is 0 Å². The van der Waals surface area contributed by atoms with Crippen molar-refractivity contribution in [1.82, 2.24) is 0 Å². The second kappa shape index (κ2) is 7.19. The molecule has 1 aliphatic carbocycles. The Balaban J connectivity index is 1.89. The lowest BCUT2D eigenvalue weighted by Crippen LogP contribution is -2.45. The molecule has 0 spiro atoms. The summed E-state index contributed by atoms with van der Waals surface area (Å²) in [6, 6.07) is 2.37. The third-order valence-electron chi connectivity index (χ3n) is 5.35. The fourth-order valence-corrected chi connectivity index (χ4v) is 3.85. The monoisotopic (exact) mass is 363 g/mol. The van der Waals surface area contributed by atoms with Crippen LogP contribution in [0, 0.1) is 23.5 Å². The molecule has 1 saturated heterocycles. The quantitative estimate of drug-likeness (QED) is 0.777. The first-order valence-electron chi connectivity index (χ1n) is 8.70. The minimum Gasteiger partial charge on any atom is -0.469 e. The zero-order valence-corrected chi connectivity index (χ0v) is 15.0. The Morgan fingerprint density at radius 3 is 2.88 bits per heavy atom. The van der Waals surface area contributed by atoms with Crippen LogP contribution in [0.3, 0.4) is 0 Å². The van der Waals surface area contributed by atoms with Gasteiger partial charge in [-0.25, -0.2) is 8.78 Å². The number of ketones is 1. The third kappa shape index (κ3) is 3.14. The fourth-order valence-electron chi connectivity index (χ4n) is 3.85. The number of ether oxygens (including phenoxy) is 2. The van der Waals surface area contributed by atoms with Gasteiger partial charge in [-0.05, 0) is 36.8 Å². The number of halogens is 2. The topological polar surface area (TPSA) is 47.6 Å². The van der Waals surface area contributed by atoms with Gasteiger partial charge in [0.1, 0.15) is 23.0 Å². The zero-order chi connectivity index (χ0) is 18.9. The largest absolute Gasteiger partial charge is 0.469 e. The van der Waals surface area contributed by atoms with E-state index in [4.69, 9.17) is 9.47 Å². The van der Waals surface area contributed by atoms with Crippen molar-refractivity contribution in [1.29, 1.82) is 0 Å². The highest BCUT2D eigenvalue weighted by Gasteiger charge is 2.51. The van der Waals surface area contributed by atoms with Gasteiger partial charge in [0, 0.05) is 25.1 Å². The maximum absolute atomic E-state index is 14.4. The first-order valence-corrected chi connectivity index (χ1v) is 8.70. The molecule has 140 valence electrons. The van der Waals surface area contributed by atoms with Crippen molar-refractivity contribution in [2.75, 3.05) is 19.2 Å². The molecule has 4 nitrogen and oxygen atoms in total. The van der Waals surface area contributed by atoms with Crippen LogP contribution in [0.15, 0.2) is 36.6 Å². The van der Waals surface area contributed by atoms with Gasteiger partial charge in [-0.2, -0.15) is 0 Å². The molecule has 1 heterocycles. The summed E-state index contributed by atoms with van der Waals surface area (Å²) in [7, 11) is 1.54. The minimum atomic E-state index is -0.799. The van der Waals surface area contributed by atoms with Gasteiger partial charge in [-0.1, -0.05) is 13.0 Å². The van der Waals surface area contributed by atoms with Gasteiger partial charge in [0.2, 0.25) is 0 Å². The highest BCUT2D eigenvalue weighted by Crippen LogP contribution is 2.46. The summed E-state index contributed by atoms with van der Waals surface area (Å²) >= 11 is 0. The van der Waals surface area contributed by atoms with E-state index in [1.54, 1.807) is 13.1 Å². The number of hydrogen-bond acceptors (Lipinski definition) is 4. The molecule has 6 heteroatoms. The first kappa shape index (κ1) is 18.6. The summed E-state index contributed by atoms with van der Waals surface area (Å²) in [5.74, 6) is -0.944. The van der Waals surface area contributed by atoms with Gasteiger partial charge in [0.15, 0.2) is 12.6 Å². The molecule has 3 rings (SSSR count). The Hall–Kier alpha value is -2.21. The number of rotatable bonds is 6. The standard InChI is InChI=1S/C20H23F2NO3/c1-4-5-13-10-20(19(9-18(13)24)25-11-26-20)12(2)6-14-7-16(22)17(23-3)8-15(14)21/h4,7-9,12-13,23H,1,5-6,10-11H2,2-3H3/t12-,13+,20-/m1/s1. The molecule has 1 N–H and O–H groups in total. The average Bonchev–Trinajstić information content (AvgIpc) is 3.02. The zero-order valence-electron chi connectivity index (χ0n) is 15.0. The summed E-state index contributed by atoms with van der Waals surface area (Å²) in [5.41, 5.74) is -0.408. The minimum absolute atomic E-state index is 0.0103. The normalized spacial score (nSPS) is 25.9. The Bertz CT molecular complexity index is 762. The third-order valence-corrected chi connectivity index (χ3v) is 5.35. The van der Waals surface area contributed by atoms with E-state index >= 15 is 0 Å². The van der Waals surface area contributed by atoms with Gasteiger partial charge in [-0.15, -0.1) is 6.58 Å². The Labute approximate surface area is 151 Å². The molecule has 26 heavy (non-hydrogen) atoms. The summed E-state index contributed by atoms with van der Waals surface area (Å²) in [4.78, 5) is 12.2. The van der Waals surface area contributed by atoms with E-state index in [1.807, 2.05) is 6.92 Å². The molecule has 1 aliphatic heterocycles. The van der Waals surface area contributed by atoms with Crippen molar-refractivity contribution in [2.45, 2.75) is 31.8 Å². The summed E-state index contributed by atoms with van der Waals surface area (Å²) in [5, 5.41) is 2.62. The SMILES string of the molecule is C=CC[C@H]1C[C@]2([C@H](C)Cc3cc(F)c(NC)cc3F)OCOC2=CC1=O. The van der Waals surface area contributed by atoms with Gasteiger partial charge in [0.05, 0.1) is 5.69 Å². The maximum Gasteiger partial charge on any atom is 0.189 e. The molecule has 1 aromatic rings. The van der Waals surface area contributed by atoms with Crippen LogP contribution >= 0.6 is 0 Å². The number of carbonyl (C=O) groups excluding carboxylic acids is 1. The van der Waals surface area contributed by atoms with Crippen LogP contribution in [-0.2, 0) is 20.7 Å². The first-order chi connectivity index (χ1) is 12.4. The van der Waals surface area contributed by atoms with E-state index in [2.05, 4.69) is 11.9 Å². The van der Waals surface area contributed by atoms with E-state index in [-0.39, 0.29) is 42.1 Å². The number of carbonyl (C=O) groups is 1. The number of allylic oxidation sites excluding steroid dienone is 2. The molecule has 3 atom stereocenters. The molecule has 0 bridgehead atoms. The van der Waals surface area contributed by atoms with Crippen LogP contribution in [0.1, 0.15) is 25.3 Å². The highest BCUT2D eigenvalue weighted by molar-refractivity contribution is 5.93. The van der Waals surface area contributed by atoms with Crippen molar-refractivity contribution in [2.24, 2.45) is 11.8 Å². The van der Waals surface area contributed by atoms with Gasteiger partial charge >= 0.3 is 0 Å². The summed E-state index contributed by atoms with van der Waals surface area (Å²) < 4.78 is 39.9. The van der Waals surface area contributed by atoms with Crippen LogP contribution in [-0.4, -0.2) is 25.2 Å². The van der Waals surface area contributed by atoms with Crippen molar-refractivity contribution < 1.29 is 23.0 Å². The lowest BCUT2D eigenvalue weighted by molar-refractivity contribution is -0.123. The lowest BCUT2D eigenvalue weighted by Gasteiger charge is -2.38. The Morgan fingerprint density at radius 2 is 2.19 bits per heavy atom. The van der Waals surface area contributed by atoms with Gasteiger partial charge < -0.3 is 14.8 Å². The molecule has 0 amide bonds.